The van der Waals surface area contributed by atoms with Gasteiger partial charge >= 0.3 is 0 Å². The molecule has 0 spiro atoms. The monoisotopic (exact) mass is 539 g/mol. The number of halogens is 1. The molecule has 31 heavy (non-hydrogen) atoms. The molecule has 2 aromatic rings. The molecular weight excluding hydrogens is 505 g/mol. The number of rotatable bonds is 9. The molecular formula is C24H34IN3O3. The number of benzene rings is 2. The fourth-order valence-electron chi connectivity index (χ4n) is 3.69. The lowest BCUT2D eigenvalue weighted by Crippen LogP contribution is -2.39. The number of nitrogens with one attached hydrogen (secondary N) is 1. The predicted molar refractivity (Wildman–Crippen MR) is 136 cm³/mol. The van der Waals surface area contributed by atoms with Gasteiger partial charge in [0.2, 0.25) is 0 Å². The number of methoxy groups -OCH3 is 1. The third-order valence-electron chi connectivity index (χ3n) is 5.24. The molecule has 0 radical (unpaired) electrons. The minimum atomic E-state index is 0. The molecule has 170 valence electrons. The molecule has 2 aromatic carbocycles. The molecule has 1 heterocycles. The van der Waals surface area contributed by atoms with Crippen molar-refractivity contribution in [1.82, 2.24) is 10.2 Å². The first-order valence-electron chi connectivity index (χ1n) is 10.6. The highest BCUT2D eigenvalue weighted by Crippen LogP contribution is 2.28. The van der Waals surface area contributed by atoms with Crippen LogP contribution in [-0.4, -0.2) is 51.3 Å². The first kappa shape index (κ1) is 25.3. The van der Waals surface area contributed by atoms with Gasteiger partial charge in [-0.1, -0.05) is 36.4 Å². The summed E-state index contributed by atoms with van der Waals surface area (Å²) in [6, 6.07) is 16.3. The molecule has 1 unspecified atom stereocenters. The van der Waals surface area contributed by atoms with E-state index in [1.165, 1.54) is 5.56 Å². The predicted octanol–water partition coefficient (Wildman–Crippen LogP) is 4.33. The van der Waals surface area contributed by atoms with Gasteiger partial charge in [-0.05, 0) is 36.6 Å². The van der Waals surface area contributed by atoms with Crippen molar-refractivity contribution in [2.24, 2.45) is 10.9 Å². The van der Waals surface area contributed by atoms with Crippen LogP contribution >= 0.6 is 24.0 Å². The van der Waals surface area contributed by atoms with Crippen molar-refractivity contribution >= 4 is 29.9 Å². The van der Waals surface area contributed by atoms with Crippen LogP contribution in [0.4, 0.5) is 0 Å². The maximum Gasteiger partial charge on any atom is 0.193 e. The lowest BCUT2D eigenvalue weighted by Gasteiger charge is -2.22. The Hall–Kier alpha value is -2.00. The van der Waals surface area contributed by atoms with E-state index in [0.717, 1.165) is 49.1 Å². The third kappa shape index (κ3) is 7.57. The summed E-state index contributed by atoms with van der Waals surface area (Å²) >= 11 is 0. The molecule has 1 aliphatic rings. The Morgan fingerprint density at radius 2 is 1.94 bits per heavy atom. The van der Waals surface area contributed by atoms with E-state index >= 15 is 0 Å². The maximum absolute atomic E-state index is 5.94. The van der Waals surface area contributed by atoms with E-state index < -0.39 is 0 Å². The number of hydrogen-bond donors (Lipinski definition) is 1. The molecule has 1 saturated heterocycles. The van der Waals surface area contributed by atoms with E-state index in [0.29, 0.717) is 25.7 Å². The largest absolute Gasteiger partial charge is 0.493 e. The van der Waals surface area contributed by atoms with Gasteiger partial charge in [0, 0.05) is 32.6 Å². The Labute approximate surface area is 203 Å². The van der Waals surface area contributed by atoms with Crippen molar-refractivity contribution in [3.63, 3.8) is 0 Å². The van der Waals surface area contributed by atoms with Gasteiger partial charge in [0.25, 0.3) is 0 Å². The van der Waals surface area contributed by atoms with Crippen molar-refractivity contribution < 1.29 is 14.2 Å². The van der Waals surface area contributed by atoms with Crippen molar-refractivity contribution in [1.29, 1.82) is 0 Å². The molecule has 3 rings (SSSR count). The second kappa shape index (κ2) is 13.4. The second-order valence-corrected chi connectivity index (χ2v) is 7.42. The van der Waals surface area contributed by atoms with Crippen molar-refractivity contribution in [2.75, 3.05) is 40.5 Å². The van der Waals surface area contributed by atoms with Crippen LogP contribution in [0.3, 0.4) is 0 Å². The topological polar surface area (TPSA) is 55.3 Å². The molecule has 0 saturated carbocycles. The first-order valence-corrected chi connectivity index (χ1v) is 10.6. The smallest absolute Gasteiger partial charge is 0.193 e. The van der Waals surface area contributed by atoms with Gasteiger partial charge in [0.15, 0.2) is 17.5 Å². The Bertz CT molecular complexity index is 817. The van der Waals surface area contributed by atoms with Gasteiger partial charge in [-0.2, -0.15) is 0 Å². The van der Waals surface area contributed by atoms with E-state index in [9.17, 15) is 0 Å². The molecule has 6 nitrogen and oxygen atoms in total. The maximum atomic E-state index is 5.94. The summed E-state index contributed by atoms with van der Waals surface area (Å²) in [6.07, 6.45) is 1.12. The zero-order chi connectivity index (χ0) is 21.2. The SMILES string of the molecule is CCOc1ccc(CNC(=NC)N2CCC(COCc3ccccc3)C2)cc1OC.I. The number of likely N-dealkylation sites (tertiary alicyclic amines) is 1. The van der Waals surface area contributed by atoms with Gasteiger partial charge < -0.3 is 24.4 Å². The van der Waals surface area contributed by atoms with Crippen LogP contribution < -0.4 is 14.8 Å². The Balaban J connectivity index is 0.00000341. The minimum Gasteiger partial charge on any atom is -0.493 e. The van der Waals surface area contributed by atoms with Gasteiger partial charge in [-0.15, -0.1) is 24.0 Å². The summed E-state index contributed by atoms with van der Waals surface area (Å²) in [7, 11) is 3.50. The summed E-state index contributed by atoms with van der Waals surface area (Å²) in [6.45, 7) is 6.66. The second-order valence-electron chi connectivity index (χ2n) is 7.42. The summed E-state index contributed by atoms with van der Waals surface area (Å²) < 4.78 is 17.0. The molecule has 0 aromatic heterocycles. The Morgan fingerprint density at radius 1 is 1.13 bits per heavy atom. The van der Waals surface area contributed by atoms with Gasteiger partial charge in [0.1, 0.15) is 0 Å². The summed E-state index contributed by atoms with van der Waals surface area (Å²) in [5, 5.41) is 3.47. The molecule has 0 amide bonds. The fraction of sp³-hybridized carbons (Fsp3) is 0.458. The van der Waals surface area contributed by atoms with Crippen LogP contribution in [0, 0.1) is 5.92 Å². The zero-order valence-electron chi connectivity index (χ0n) is 18.7. The van der Waals surface area contributed by atoms with E-state index in [4.69, 9.17) is 14.2 Å². The van der Waals surface area contributed by atoms with Gasteiger partial charge in [-0.25, -0.2) is 0 Å². The Morgan fingerprint density at radius 3 is 2.65 bits per heavy atom. The molecule has 1 atom stereocenters. The normalized spacial score (nSPS) is 16.0. The van der Waals surface area contributed by atoms with Crippen LogP contribution in [0.1, 0.15) is 24.5 Å². The van der Waals surface area contributed by atoms with Crippen molar-refractivity contribution in [3.8, 4) is 11.5 Å². The van der Waals surface area contributed by atoms with Crippen LogP contribution in [0.15, 0.2) is 53.5 Å². The van der Waals surface area contributed by atoms with Crippen LogP contribution in [-0.2, 0) is 17.9 Å². The lowest BCUT2D eigenvalue weighted by atomic mass is 10.1. The standard InChI is InChI=1S/C24H33N3O3.HI/c1-4-30-22-11-10-20(14-23(22)28-3)15-26-24(25-2)27-13-12-21(16-27)18-29-17-19-8-6-5-7-9-19;/h5-11,14,21H,4,12-13,15-18H2,1-3H3,(H,25,26);1H. The molecule has 1 aliphatic heterocycles. The van der Waals surface area contributed by atoms with E-state index in [1.807, 2.05) is 44.3 Å². The average Bonchev–Trinajstić information content (AvgIpc) is 3.24. The average molecular weight is 539 g/mol. The quantitative estimate of drug-likeness (QED) is 0.292. The van der Waals surface area contributed by atoms with Crippen molar-refractivity contribution in [2.45, 2.75) is 26.5 Å². The molecule has 0 bridgehead atoms. The highest BCUT2D eigenvalue weighted by atomic mass is 127. The number of ether oxygens (including phenoxy) is 3. The van der Waals surface area contributed by atoms with Crippen LogP contribution in [0.2, 0.25) is 0 Å². The highest BCUT2D eigenvalue weighted by Gasteiger charge is 2.25. The third-order valence-corrected chi connectivity index (χ3v) is 5.24. The Kier molecular flexibility index (Phi) is 10.9. The number of guanidine groups is 1. The summed E-state index contributed by atoms with van der Waals surface area (Å²) in [4.78, 5) is 6.78. The zero-order valence-corrected chi connectivity index (χ0v) is 21.0. The minimum absolute atomic E-state index is 0. The first-order chi connectivity index (χ1) is 14.7. The summed E-state index contributed by atoms with van der Waals surface area (Å²) in [5.74, 6) is 2.97. The highest BCUT2D eigenvalue weighted by molar-refractivity contribution is 14.0. The molecule has 0 aliphatic carbocycles. The molecule has 1 N–H and O–H groups in total. The molecule has 1 fully saturated rings. The lowest BCUT2D eigenvalue weighted by molar-refractivity contribution is 0.0906. The summed E-state index contributed by atoms with van der Waals surface area (Å²) in [5.41, 5.74) is 2.34. The fourth-order valence-corrected chi connectivity index (χ4v) is 3.69. The number of nitrogens with zero attached hydrogens (tertiary/aromatic N) is 2. The number of hydrogen-bond acceptors (Lipinski definition) is 4. The van der Waals surface area contributed by atoms with E-state index in [1.54, 1.807) is 7.11 Å². The molecule has 7 heteroatoms. The number of aliphatic imine (C=N–C) groups is 1. The van der Waals surface area contributed by atoms with Gasteiger partial charge in [-0.3, -0.25) is 4.99 Å². The van der Waals surface area contributed by atoms with Gasteiger partial charge in [0.05, 0.1) is 26.9 Å². The van der Waals surface area contributed by atoms with E-state index in [2.05, 4.69) is 33.4 Å². The van der Waals surface area contributed by atoms with Crippen LogP contribution in [0.5, 0.6) is 11.5 Å². The van der Waals surface area contributed by atoms with Crippen LogP contribution in [0.25, 0.3) is 0 Å². The van der Waals surface area contributed by atoms with E-state index in [-0.39, 0.29) is 24.0 Å². The van der Waals surface area contributed by atoms with Crippen molar-refractivity contribution in [3.05, 3.63) is 59.7 Å².